The standard InChI is InChI=1S/C37H38N6O5S/c1-49(46,47)42-15-13-41(14-16-42)22-24-5-10-32(39-21-24)33-20-30-28(11-12-38-36(30)40-33)27-3-2-4-34(31(27)23-44)43-17-18-48-35-19-26(25-6-7-25)8-9-29(35)37(43)45/h2-5,8-12,19-21,25,44H,6-7,13-18,22-23H2,1H3,(H,38,40). The van der Waals surface area contributed by atoms with Gasteiger partial charge in [-0.15, -0.1) is 0 Å². The molecule has 2 aromatic carbocycles. The number of aliphatic hydroxyl groups excluding tert-OH is 1. The number of sulfonamides is 1. The molecule has 1 saturated carbocycles. The first-order valence-corrected chi connectivity index (χ1v) is 18.5. The number of carbonyl (C=O) groups excluding carboxylic acids is 1. The molecule has 12 heteroatoms. The van der Waals surface area contributed by atoms with Crippen molar-refractivity contribution in [3.8, 4) is 28.3 Å². The Labute approximate surface area is 285 Å². The number of hydrogen-bond donors (Lipinski definition) is 2. The molecule has 1 amide bonds. The van der Waals surface area contributed by atoms with Gasteiger partial charge in [0.2, 0.25) is 10.0 Å². The Morgan fingerprint density at radius 2 is 1.78 bits per heavy atom. The molecule has 0 unspecified atom stereocenters. The summed E-state index contributed by atoms with van der Waals surface area (Å²) in [4.78, 5) is 30.6. The van der Waals surface area contributed by atoms with Gasteiger partial charge in [0.25, 0.3) is 5.91 Å². The number of aromatic amines is 1. The zero-order valence-corrected chi connectivity index (χ0v) is 28.1. The van der Waals surface area contributed by atoms with Gasteiger partial charge in [0.15, 0.2) is 0 Å². The number of pyridine rings is 2. The smallest absolute Gasteiger partial charge is 0.262 e. The lowest BCUT2D eigenvalue weighted by Gasteiger charge is -2.33. The van der Waals surface area contributed by atoms with E-state index < -0.39 is 10.0 Å². The quantitative estimate of drug-likeness (QED) is 0.240. The average Bonchev–Trinajstić information content (AvgIpc) is 3.89. The Morgan fingerprint density at radius 3 is 2.51 bits per heavy atom. The molecule has 0 atom stereocenters. The van der Waals surface area contributed by atoms with Gasteiger partial charge in [0, 0.05) is 56.1 Å². The molecule has 0 radical (unpaired) electrons. The molecule has 1 aliphatic carbocycles. The normalized spacial score (nSPS) is 17.6. The van der Waals surface area contributed by atoms with E-state index in [2.05, 4.69) is 14.9 Å². The van der Waals surface area contributed by atoms with Crippen LogP contribution in [0, 0.1) is 0 Å². The first kappa shape index (κ1) is 31.6. The molecule has 2 N–H and O–H groups in total. The van der Waals surface area contributed by atoms with Crippen LogP contribution in [0.25, 0.3) is 33.5 Å². The second kappa shape index (κ2) is 12.7. The number of H-pyrrole nitrogens is 1. The first-order chi connectivity index (χ1) is 23.8. The van der Waals surface area contributed by atoms with Gasteiger partial charge in [-0.1, -0.05) is 24.3 Å². The number of aromatic nitrogens is 3. The summed E-state index contributed by atoms with van der Waals surface area (Å²) in [6.45, 7) is 3.50. The number of ether oxygens (including phenoxy) is 1. The number of fused-ring (bicyclic) bond motifs is 2. The van der Waals surface area contributed by atoms with Crippen molar-refractivity contribution in [2.45, 2.75) is 31.9 Å². The van der Waals surface area contributed by atoms with Crippen LogP contribution in [0.15, 0.2) is 73.1 Å². The van der Waals surface area contributed by atoms with Crippen LogP contribution in [0.5, 0.6) is 5.75 Å². The number of nitrogens with one attached hydrogen (secondary N) is 1. The maximum absolute atomic E-state index is 13.9. The van der Waals surface area contributed by atoms with Gasteiger partial charge < -0.3 is 19.7 Å². The summed E-state index contributed by atoms with van der Waals surface area (Å²) in [5, 5.41) is 11.6. The molecule has 252 valence electrons. The van der Waals surface area contributed by atoms with Crippen molar-refractivity contribution in [1.82, 2.24) is 24.2 Å². The molecule has 0 spiro atoms. The summed E-state index contributed by atoms with van der Waals surface area (Å²) in [5.41, 5.74) is 8.09. The van der Waals surface area contributed by atoms with Crippen LogP contribution in [-0.4, -0.2) is 89.2 Å². The lowest BCUT2D eigenvalue weighted by molar-refractivity contribution is 0.0989. The third-order valence-electron chi connectivity index (χ3n) is 9.83. The van der Waals surface area contributed by atoms with Crippen molar-refractivity contribution in [3.63, 3.8) is 0 Å². The van der Waals surface area contributed by atoms with E-state index in [0.29, 0.717) is 80.0 Å². The Balaban J connectivity index is 1.06. The van der Waals surface area contributed by atoms with Gasteiger partial charge >= 0.3 is 0 Å². The van der Waals surface area contributed by atoms with Crippen molar-refractivity contribution in [2.24, 2.45) is 0 Å². The van der Waals surface area contributed by atoms with Gasteiger partial charge in [-0.25, -0.2) is 13.4 Å². The Bertz CT molecular complexity index is 2150. The predicted molar refractivity (Wildman–Crippen MR) is 188 cm³/mol. The van der Waals surface area contributed by atoms with Crippen LogP contribution in [0.4, 0.5) is 5.69 Å². The van der Waals surface area contributed by atoms with Gasteiger partial charge in [0.1, 0.15) is 18.0 Å². The number of rotatable bonds is 8. The van der Waals surface area contributed by atoms with Crippen LogP contribution in [0.3, 0.4) is 0 Å². The van der Waals surface area contributed by atoms with Crippen molar-refractivity contribution >= 4 is 32.7 Å². The maximum atomic E-state index is 13.9. The summed E-state index contributed by atoms with van der Waals surface area (Å²) in [5.74, 6) is 1.05. The highest BCUT2D eigenvalue weighted by Gasteiger charge is 2.30. The van der Waals surface area contributed by atoms with E-state index in [1.54, 1.807) is 11.1 Å². The highest BCUT2D eigenvalue weighted by Crippen LogP contribution is 2.43. The zero-order valence-electron chi connectivity index (χ0n) is 27.3. The van der Waals surface area contributed by atoms with E-state index in [1.165, 1.54) is 29.0 Å². The molecule has 5 heterocycles. The minimum absolute atomic E-state index is 0.142. The highest BCUT2D eigenvalue weighted by molar-refractivity contribution is 7.88. The van der Waals surface area contributed by atoms with E-state index in [-0.39, 0.29) is 12.5 Å². The average molecular weight is 679 g/mol. The molecule has 1 saturated heterocycles. The molecule has 11 nitrogen and oxygen atoms in total. The number of aliphatic hydroxyl groups is 1. The highest BCUT2D eigenvalue weighted by atomic mass is 32.2. The largest absolute Gasteiger partial charge is 0.491 e. The lowest BCUT2D eigenvalue weighted by atomic mass is 9.96. The van der Waals surface area contributed by atoms with Crippen molar-refractivity contribution in [3.05, 3.63) is 95.3 Å². The van der Waals surface area contributed by atoms with Crippen LogP contribution in [0.2, 0.25) is 0 Å². The van der Waals surface area contributed by atoms with Crippen LogP contribution < -0.4 is 9.64 Å². The van der Waals surface area contributed by atoms with Gasteiger partial charge in [0.05, 0.1) is 42.0 Å². The van der Waals surface area contributed by atoms with Gasteiger partial charge in [-0.2, -0.15) is 4.31 Å². The van der Waals surface area contributed by atoms with Crippen molar-refractivity contribution in [1.29, 1.82) is 0 Å². The molecule has 49 heavy (non-hydrogen) atoms. The Kier molecular flexibility index (Phi) is 8.19. The number of piperazine rings is 1. The number of carbonyl (C=O) groups is 1. The number of nitrogens with zero attached hydrogens (tertiary/aromatic N) is 5. The molecule has 3 aliphatic rings. The van der Waals surface area contributed by atoms with Crippen molar-refractivity contribution in [2.75, 3.05) is 50.5 Å². The lowest BCUT2D eigenvalue weighted by Crippen LogP contribution is -2.47. The topological polar surface area (TPSA) is 132 Å². The molecule has 5 aromatic rings. The summed E-state index contributed by atoms with van der Waals surface area (Å²) in [6, 6.07) is 19.7. The predicted octanol–water partition coefficient (Wildman–Crippen LogP) is 4.78. The number of hydrogen-bond acceptors (Lipinski definition) is 8. The molecule has 2 fully saturated rings. The van der Waals surface area contributed by atoms with Gasteiger partial charge in [-0.05, 0) is 77.4 Å². The number of anilines is 1. The molecular weight excluding hydrogens is 641 g/mol. The monoisotopic (exact) mass is 678 g/mol. The summed E-state index contributed by atoms with van der Waals surface area (Å²) >= 11 is 0. The van der Waals surface area contributed by atoms with E-state index in [1.807, 2.05) is 66.9 Å². The maximum Gasteiger partial charge on any atom is 0.262 e. The number of amides is 1. The first-order valence-electron chi connectivity index (χ1n) is 16.7. The summed E-state index contributed by atoms with van der Waals surface area (Å²) < 4.78 is 31.3. The third kappa shape index (κ3) is 6.21. The van der Waals surface area contributed by atoms with Crippen molar-refractivity contribution < 1.29 is 23.1 Å². The third-order valence-corrected chi connectivity index (χ3v) is 11.1. The molecular formula is C37H38N6O5S. The van der Waals surface area contributed by atoms with Crippen LogP contribution in [-0.2, 0) is 23.2 Å². The fraction of sp³-hybridized carbons (Fsp3) is 0.324. The van der Waals surface area contributed by atoms with Crippen LogP contribution in [0.1, 0.15) is 45.8 Å². The SMILES string of the molecule is CS(=O)(=O)N1CCN(Cc2ccc(-c3cc4c(-c5cccc(N6CCOc7cc(C8CC8)ccc7C6=O)c5CO)ccnc4[nH]3)nc2)CC1. The van der Waals surface area contributed by atoms with Crippen LogP contribution >= 0.6 is 0 Å². The van der Waals surface area contributed by atoms with E-state index in [9.17, 15) is 18.3 Å². The fourth-order valence-electron chi connectivity index (χ4n) is 7.03. The van der Waals surface area contributed by atoms with E-state index in [0.717, 1.165) is 33.5 Å². The van der Waals surface area contributed by atoms with E-state index >= 15 is 0 Å². The second-order valence-electron chi connectivity index (χ2n) is 13.1. The number of benzene rings is 2. The summed E-state index contributed by atoms with van der Waals surface area (Å²) in [7, 11) is -3.16. The zero-order chi connectivity index (χ0) is 33.7. The van der Waals surface area contributed by atoms with E-state index in [4.69, 9.17) is 9.72 Å². The Hall–Kier alpha value is -4.62. The Morgan fingerprint density at radius 1 is 0.939 bits per heavy atom. The minimum atomic E-state index is -3.16. The summed E-state index contributed by atoms with van der Waals surface area (Å²) in [6.07, 6.45) is 7.21. The molecule has 3 aromatic heterocycles. The molecule has 2 aliphatic heterocycles. The minimum Gasteiger partial charge on any atom is -0.491 e. The molecule has 8 rings (SSSR count). The second-order valence-corrected chi connectivity index (χ2v) is 15.1. The van der Waals surface area contributed by atoms with Gasteiger partial charge in [-0.3, -0.25) is 14.7 Å². The fourth-order valence-corrected chi connectivity index (χ4v) is 7.86. The molecule has 0 bridgehead atoms.